The van der Waals surface area contributed by atoms with Gasteiger partial charge in [-0.2, -0.15) is 4.79 Å². The van der Waals surface area contributed by atoms with Crippen molar-refractivity contribution in [3.8, 4) is 6.57 Å². The molecule has 48 valence electrons. The van der Waals surface area contributed by atoms with Gasteiger partial charge in [0.05, 0.1) is 0 Å². The molecule has 0 radical (unpaired) electrons. The summed E-state index contributed by atoms with van der Waals surface area (Å²) in [7, 11) is 0. The van der Waals surface area contributed by atoms with Gasteiger partial charge < -0.3 is 0 Å². The molecule has 2 heteroatoms. The van der Waals surface area contributed by atoms with Gasteiger partial charge >= 0.3 is 5.91 Å². The zero-order valence-electron chi connectivity index (χ0n) is 5.32. The number of carbonyl (C=O) groups is 1. The van der Waals surface area contributed by atoms with Crippen LogP contribution >= 0.6 is 0 Å². The van der Waals surface area contributed by atoms with Crippen LogP contribution in [-0.4, -0.2) is 5.91 Å². The lowest BCUT2D eigenvalue weighted by Gasteiger charge is -1.81. The molecule has 2 nitrogen and oxygen atoms in total. The molecule has 10 heavy (non-hydrogen) atoms. The lowest BCUT2D eigenvalue weighted by Crippen LogP contribution is -1.88. The fourth-order valence-corrected chi connectivity index (χ4v) is 0.655. The van der Waals surface area contributed by atoms with E-state index in [1.165, 1.54) is 0 Å². The first-order chi connectivity index (χ1) is 4.84. The second-order valence-electron chi connectivity index (χ2n) is 1.80. The van der Waals surface area contributed by atoms with Gasteiger partial charge in [-0.25, -0.2) is 0 Å². The molecule has 0 bridgehead atoms. The van der Waals surface area contributed by atoms with Crippen LogP contribution in [0.5, 0.6) is 0 Å². The molecule has 0 saturated heterocycles. The van der Waals surface area contributed by atoms with E-state index in [1.54, 1.807) is 24.3 Å². The van der Waals surface area contributed by atoms with E-state index in [0.717, 1.165) is 0 Å². The first-order valence-corrected chi connectivity index (χ1v) is 2.85. The van der Waals surface area contributed by atoms with Gasteiger partial charge in [-0.3, -0.25) is 0 Å². The molecule has 1 rings (SSSR count). The third-order valence-corrected chi connectivity index (χ3v) is 1.14. The Kier molecular flexibility index (Phi) is 1.81. The molecule has 0 aliphatic carbocycles. The number of amides is 1. The Morgan fingerprint density at radius 3 is 2.40 bits per heavy atom. The third-order valence-electron chi connectivity index (χ3n) is 1.14. The first kappa shape index (κ1) is 6.50. The Morgan fingerprint density at radius 1 is 1.30 bits per heavy atom. The van der Waals surface area contributed by atoms with E-state index in [9.17, 15) is 4.79 Å². The number of rotatable bonds is 1. The van der Waals surface area contributed by atoms with Crippen LogP contribution in [0.3, 0.4) is 0 Å². The summed E-state index contributed by atoms with van der Waals surface area (Å²) in [5.41, 5.74) is 0.519. The fraction of sp³-hybridized carbons (Fsp3) is 0. The first-order valence-electron chi connectivity index (χ1n) is 2.85. The molecule has 0 fully saturated rings. The van der Waals surface area contributed by atoms with Crippen molar-refractivity contribution < 1.29 is 4.79 Å². The van der Waals surface area contributed by atoms with Crippen molar-refractivity contribution in [2.45, 2.75) is 0 Å². The maximum absolute atomic E-state index is 10.7. The molecule has 0 aliphatic heterocycles. The standard InChI is InChI=1S/C8H6NO/c1-9-8(10)7-5-3-2-4-6-7/h1-6H/q+1. The molecular formula is C8H6NO+. The monoisotopic (exact) mass is 132 g/mol. The summed E-state index contributed by atoms with van der Waals surface area (Å²) >= 11 is 0. The Hall–Kier alpha value is -1.62. The highest BCUT2D eigenvalue weighted by molar-refractivity contribution is 6.01. The van der Waals surface area contributed by atoms with Crippen LogP contribution in [0.25, 0.3) is 4.85 Å². The van der Waals surface area contributed by atoms with Gasteiger partial charge in [0.15, 0.2) is 0 Å². The second-order valence-corrected chi connectivity index (χ2v) is 1.80. The minimum absolute atomic E-state index is 0.388. The summed E-state index contributed by atoms with van der Waals surface area (Å²) < 4.78 is 0. The van der Waals surface area contributed by atoms with Crippen LogP contribution in [0.2, 0.25) is 0 Å². The smallest absolute Gasteiger partial charge is 0.196 e. The van der Waals surface area contributed by atoms with E-state index >= 15 is 0 Å². The lowest BCUT2D eigenvalue weighted by atomic mass is 10.2. The number of carbonyl (C=O) groups excluding carboxylic acids is 1. The summed E-state index contributed by atoms with van der Waals surface area (Å²) in [6, 6.07) is 8.68. The van der Waals surface area contributed by atoms with Gasteiger partial charge in [-0.05, 0) is 12.1 Å². The van der Waals surface area contributed by atoms with Gasteiger partial charge in [-0.1, -0.05) is 18.2 Å². The molecule has 1 amide bonds. The van der Waals surface area contributed by atoms with E-state index in [4.69, 9.17) is 6.57 Å². The second kappa shape index (κ2) is 2.79. The summed E-state index contributed by atoms with van der Waals surface area (Å²) in [5.74, 6) is -0.388. The third kappa shape index (κ3) is 1.20. The average molecular weight is 132 g/mol. The quantitative estimate of drug-likeness (QED) is 0.570. The Balaban J connectivity index is 2.99. The predicted octanol–water partition coefficient (Wildman–Crippen LogP) is 1.79. The number of hydrogen-bond acceptors (Lipinski definition) is 1. The summed E-state index contributed by atoms with van der Waals surface area (Å²) in [6.45, 7) is 4.78. The summed E-state index contributed by atoms with van der Waals surface area (Å²) in [5, 5.41) is 0. The van der Waals surface area contributed by atoms with Crippen molar-refractivity contribution >= 4 is 5.91 Å². The zero-order chi connectivity index (χ0) is 7.40. The average Bonchev–Trinajstić information content (AvgIpc) is 2.05. The Labute approximate surface area is 58.9 Å². The summed E-state index contributed by atoms with van der Waals surface area (Å²) in [6.07, 6.45) is 0. The molecular weight excluding hydrogens is 126 g/mol. The van der Waals surface area contributed by atoms with Gasteiger partial charge in [-0.15, -0.1) is 0 Å². The fourth-order valence-electron chi connectivity index (χ4n) is 0.655. The maximum Gasteiger partial charge on any atom is 0.547 e. The van der Waals surface area contributed by atoms with Crippen molar-refractivity contribution in [1.29, 1.82) is 0 Å². The van der Waals surface area contributed by atoms with Crippen LogP contribution in [0.1, 0.15) is 10.4 Å². The van der Waals surface area contributed by atoms with Crippen molar-refractivity contribution in [2.75, 3.05) is 0 Å². The summed E-state index contributed by atoms with van der Waals surface area (Å²) in [4.78, 5) is 13.7. The van der Waals surface area contributed by atoms with Crippen LogP contribution in [0.4, 0.5) is 0 Å². The molecule has 0 spiro atoms. The van der Waals surface area contributed by atoms with Crippen LogP contribution in [0.15, 0.2) is 30.3 Å². The van der Waals surface area contributed by atoms with Gasteiger partial charge in [0.1, 0.15) is 5.56 Å². The number of nitrogens with zero attached hydrogens (tertiary/aromatic N) is 1. The van der Waals surface area contributed by atoms with Crippen molar-refractivity contribution in [3.63, 3.8) is 0 Å². The molecule has 1 aromatic rings. The maximum atomic E-state index is 10.7. The van der Waals surface area contributed by atoms with Gasteiger partial charge in [0.25, 0.3) is 6.57 Å². The largest absolute Gasteiger partial charge is 0.547 e. The SMILES string of the molecule is C#[N+]C(=O)c1ccccc1. The minimum atomic E-state index is -0.388. The van der Waals surface area contributed by atoms with Crippen LogP contribution < -0.4 is 0 Å². The molecule has 0 atom stereocenters. The van der Waals surface area contributed by atoms with E-state index in [1.807, 2.05) is 6.07 Å². The molecule has 0 unspecified atom stereocenters. The lowest BCUT2D eigenvalue weighted by molar-refractivity contribution is 0.104. The van der Waals surface area contributed by atoms with Crippen molar-refractivity contribution in [2.24, 2.45) is 0 Å². The highest BCUT2D eigenvalue weighted by Crippen LogP contribution is 1.99. The molecule has 0 N–H and O–H groups in total. The molecule has 0 aliphatic rings. The normalized spacial score (nSPS) is 8.30. The van der Waals surface area contributed by atoms with Crippen LogP contribution in [0, 0.1) is 6.57 Å². The van der Waals surface area contributed by atoms with Gasteiger partial charge in [0, 0.05) is 4.85 Å². The van der Waals surface area contributed by atoms with E-state index < -0.39 is 0 Å². The Bertz CT molecular complexity index is 271. The van der Waals surface area contributed by atoms with E-state index in [-0.39, 0.29) is 5.91 Å². The number of benzene rings is 1. The minimum Gasteiger partial charge on any atom is -0.196 e. The molecule has 0 aromatic heterocycles. The van der Waals surface area contributed by atoms with E-state index in [2.05, 4.69) is 4.85 Å². The Morgan fingerprint density at radius 2 is 1.90 bits per heavy atom. The predicted molar refractivity (Wildman–Crippen MR) is 39.1 cm³/mol. The van der Waals surface area contributed by atoms with E-state index in [0.29, 0.717) is 5.56 Å². The molecule has 0 saturated carbocycles. The van der Waals surface area contributed by atoms with Crippen LogP contribution in [-0.2, 0) is 0 Å². The highest BCUT2D eigenvalue weighted by atomic mass is 16.1. The number of hydrogen-bond donors (Lipinski definition) is 0. The topological polar surface area (TPSA) is 21.4 Å². The zero-order valence-corrected chi connectivity index (χ0v) is 5.32. The van der Waals surface area contributed by atoms with Gasteiger partial charge in [0.2, 0.25) is 0 Å². The molecule has 0 heterocycles. The molecule has 1 aromatic carbocycles. The van der Waals surface area contributed by atoms with Crippen molar-refractivity contribution in [1.82, 2.24) is 0 Å². The highest BCUT2D eigenvalue weighted by Gasteiger charge is 2.11. The van der Waals surface area contributed by atoms with Crippen molar-refractivity contribution in [3.05, 3.63) is 40.7 Å².